The van der Waals surface area contributed by atoms with Crippen LogP contribution in [0.25, 0.3) is 11.3 Å². The summed E-state index contributed by atoms with van der Waals surface area (Å²) in [6.45, 7) is 0. The number of carbonyl (C=O) groups is 2. The number of aromatic nitrogens is 1. The van der Waals surface area contributed by atoms with Crippen LogP contribution in [-0.4, -0.2) is 16.8 Å². The third-order valence-corrected chi connectivity index (χ3v) is 5.03. The maximum absolute atomic E-state index is 14.4. The Morgan fingerprint density at radius 3 is 2.85 bits per heavy atom. The molecule has 0 atom stereocenters. The van der Waals surface area contributed by atoms with Gasteiger partial charge in [-0.1, -0.05) is 12.1 Å². The molecule has 8 heteroatoms. The molecule has 0 radical (unpaired) electrons. The van der Waals surface area contributed by atoms with Gasteiger partial charge in [0.1, 0.15) is 16.5 Å². The van der Waals surface area contributed by atoms with Gasteiger partial charge in [-0.15, -0.1) is 11.3 Å². The monoisotopic (exact) mass is 385 g/mol. The topological polar surface area (TPSA) is 71.1 Å². The second-order valence-corrected chi connectivity index (χ2v) is 6.89. The quantitative estimate of drug-likeness (QED) is 0.709. The molecule has 0 bridgehead atoms. The van der Waals surface area contributed by atoms with Gasteiger partial charge >= 0.3 is 0 Å². The minimum Gasteiger partial charge on any atom is -0.326 e. The van der Waals surface area contributed by atoms with Crippen LogP contribution in [0.1, 0.15) is 21.7 Å². The van der Waals surface area contributed by atoms with E-state index in [1.165, 1.54) is 35.8 Å². The molecule has 2 aromatic carbocycles. The predicted octanol–water partition coefficient (Wildman–Crippen LogP) is 4.23. The highest BCUT2D eigenvalue weighted by Gasteiger charge is 2.21. The average molecular weight is 385 g/mol. The molecule has 0 saturated heterocycles. The smallest absolute Gasteiger partial charge is 0.268 e. The van der Waals surface area contributed by atoms with Gasteiger partial charge in [0.2, 0.25) is 5.91 Å². The summed E-state index contributed by atoms with van der Waals surface area (Å²) in [6, 6.07) is 8.48. The van der Waals surface area contributed by atoms with Crippen LogP contribution in [0, 0.1) is 11.6 Å². The normalized spacial score (nSPS) is 13.0. The number of fused-ring (bicyclic) bond motifs is 1. The van der Waals surface area contributed by atoms with Crippen LogP contribution in [0.3, 0.4) is 0 Å². The third kappa shape index (κ3) is 3.43. The van der Waals surface area contributed by atoms with E-state index in [9.17, 15) is 18.4 Å². The van der Waals surface area contributed by atoms with Crippen molar-refractivity contribution in [1.29, 1.82) is 0 Å². The maximum atomic E-state index is 14.4. The van der Waals surface area contributed by atoms with E-state index in [2.05, 4.69) is 15.6 Å². The summed E-state index contributed by atoms with van der Waals surface area (Å²) in [5.74, 6) is -1.78. The molecule has 2 amide bonds. The molecule has 0 unspecified atom stereocenters. The minimum atomic E-state index is -0.652. The zero-order chi connectivity index (χ0) is 19.0. The van der Waals surface area contributed by atoms with Crippen LogP contribution in [0.5, 0.6) is 0 Å². The Balaban J connectivity index is 1.63. The Labute approximate surface area is 157 Å². The SMILES string of the molecule is O=C1CCc2cc(NC(=O)c3scnc3-c3cccc(F)c3)c(F)cc2N1. The summed E-state index contributed by atoms with van der Waals surface area (Å²) in [7, 11) is 0. The molecule has 27 heavy (non-hydrogen) atoms. The first kappa shape index (κ1) is 17.3. The molecule has 4 rings (SSSR count). The summed E-state index contributed by atoms with van der Waals surface area (Å²) in [6.07, 6.45) is 0.782. The molecule has 1 aromatic heterocycles. The van der Waals surface area contributed by atoms with Gasteiger partial charge in [0, 0.05) is 17.7 Å². The predicted molar refractivity (Wildman–Crippen MR) is 98.8 cm³/mol. The van der Waals surface area contributed by atoms with Crippen LogP contribution in [0.2, 0.25) is 0 Å². The lowest BCUT2D eigenvalue weighted by Gasteiger charge is -2.18. The number of anilines is 2. The molecule has 3 aromatic rings. The van der Waals surface area contributed by atoms with Gasteiger partial charge in [-0.05, 0) is 36.2 Å². The van der Waals surface area contributed by atoms with Crippen molar-refractivity contribution in [3.63, 3.8) is 0 Å². The van der Waals surface area contributed by atoms with Crippen molar-refractivity contribution < 1.29 is 18.4 Å². The molecule has 5 nitrogen and oxygen atoms in total. The number of hydrogen-bond acceptors (Lipinski definition) is 4. The molecule has 1 aliphatic rings. The molecular formula is C19H13F2N3O2S. The second-order valence-electron chi connectivity index (χ2n) is 6.03. The summed E-state index contributed by atoms with van der Waals surface area (Å²) in [4.78, 5) is 28.5. The standard InChI is InChI=1S/C19H13F2N3O2S/c20-12-3-1-2-11(6-12)17-18(27-9-22-17)19(26)24-15-7-10-4-5-16(25)23-14(10)8-13(15)21/h1-3,6-9H,4-5H2,(H,23,25)(H,24,26). The van der Waals surface area contributed by atoms with E-state index in [1.807, 2.05) is 0 Å². The van der Waals surface area contributed by atoms with Gasteiger partial charge in [-0.25, -0.2) is 13.8 Å². The molecule has 0 fully saturated rings. The van der Waals surface area contributed by atoms with E-state index in [0.717, 1.165) is 16.9 Å². The zero-order valence-corrected chi connectivity index (χ0v) is 14.7. The fourth-order valence-corrected chi connectivity index (χ4v) is 3.63. The molecule has 2 heterocycles. The van der Waals surface area contributed by atoms with Crippen LogP contribution >= 0.6 is 11.3 Å². The molecule has 0 aliphatic carbocycles. The number of hydrogen-bond donors (Lipinski definition) is 2. The van der Waals surface area contributed by atoms with E-state index < -0.39 is 17.5 Å². The Hall–Kier alpha value is -3.13. The third-order valence-electron chi connectivity index (χ3n) is 4.21. The first-order valence-corrected chi connectivity index (χ1v) is 9.02. The lowest BCUT2D eigenvalue weighted by atomic mass is 10.0. The summed E-state index contributed by atoms with van der Waals surface area (Å²) in [5, 5.41) is 5.16. The van der Waals surface area contributed by atoms with Crippen molar-refractivity contribution in [2.45, 2.75) is 12.8 Å². The Morgan fingerprint density at radius 1 is 1.19 bits per heavy atom. The Bertz CT molecular complexity index is 1060. The minimum absolute atomic E-state index is 0.0218. The van der Waals surface area contributed by atoms with Crippen LogP contribution in [-0.2, 0) is 11.2 Å². The van der Waals surface area contributed by atoms with E-state index in [4.69, 9.17) is 0 Å². The Kier molecular flexibility index (Phi) is 4.41. The number of nitrogens with one attached hydrogen (secondary N) is 2. The number of rotatable bonds is 3. The van der Waals surface area contributed by atoms with E-state index in [0.29, 0.717) is 29.8 Å². The summed E-state index contributed by atoms with van der Waals surface area (Å²) in [5.41, 5.74) is 3.47. The van der Waals surface area contributed by atoms with Crippen molar-refractivity contribution >= 4 is 34.5 Å². The maximum Gasteiger partial charge on any atom is 0.268 e. The van der Waals surface area contributed by atoms with Crippen molar-refractivity contribution in [2.75, 3.05) is 10.6 Å². The number of nitrogens with zero attached hydrogens (tertiary/aromatic N) is 1. The number of thiazole rings is 1. The van der Waals surface area contributed by atoms with Gasteiger partial charge in [0.05, 0.1) is 16.9 Å². The Morgan fingerprint density at radius 2 is 2.04 bits per heavy atom. The summed E-state index contributed by atoms with van der Waals surface area (Å²) < 4.78 is 27.8. The summed E-state index contributed by atoms with van der Waals surface area (Å²) >= 11 is 1.09. The van der Waals surface area contributed by atoms with E-state index >= 15 is 0 Å². The fraction of sp³-hybridized carbons (Fsp3) is 0.105. The second kappa shape index (κ2) is 6.88. The fourth-order valence-electron chi connectivity index (χ4n) is 2.93. The first-order chi connectivity index (χ1) is 13.0. The molecule has 2 N–H and O–H groups in total. The zero-order valence-electron chi connectivity index (χ0n) is 13.9. The number of amides is 2. The number of halogens is 2. The number of aryl methyl sites for hydroxylation is 1. The molecule has 136 valence electrons. The molecule has 0 saturated carbocycles. The van der Waals surface area contributed by atoms with Gasteiger partial charge < -0.3 is 10.6 Å². The number of benzene rings is 2. The molecule has 0 spiro atoms. The van der Waals surface area contributed by atoms with Gasteiger partial charge in [-0.3, -0.25) is 9.59 Å². The van der Waals surface area contributed by atoms with Gasteiger partial charge in [-0.2, -0.15) is 0 Å². The average Bonchev–Trinajstić information content (AvgIpc) is 3.12. The largest absolute Gasteiger partial charge is 0.326 e. The molecule has 1 aliphatic heterocycles. The van der Waals surface area contributed by atoms with Crippen LogP contribution < -0.4 is 10.6 Å². The lowest BCUT2D eigenvalue weighted by Crippen LogP contribution is -2.20. The van der Waals surface area contributed by atoms with E-state index in [1.54, 1.807) is 6.07 Å². The van der Waals surface area contributed by atoms with E-state index in [-0.39, 0.29) is 16.5 Å². The van der Waals surface area contributed by atoms with Crippen molar-refractivity contribution in [3.05, 3.63) is 64.0 Å². The van der Waals surface area contributed by atoms with Crippen LogP contribution in [0.4, 0.5) is 20.2 Å². The van der Waals surface area contributed by atoms with Gasteiger partial charge in [0.15, 0.2) is 0 Å². The molecular weight excluding hydrogens is 372 g/mol. The van der Waals surface area contributed by atoms with Gasteiger partial charge in [0.25, 0.3) is 5.91 Å². The van der Waals surface area contributed by atoms with Crippen molar-refractivity contribution in [3.8, 4) is 11.3 Å². The van der Waals surface area contributed by atoms with Crippen molar-refractivity contribution in [1.82, 2.24) is 4.98 Å². The van der Waals surface area contributed by atoms with Crippen molar-refractivity contribution in [2.24, 2.45) is 0 Å². The number of carbonyl (C=O) groups excluding carboxylic acids is 2. The highest BCUT2D eigenvalue weighted by molar-refractivity contribution is 7.12. The first-order valence-electron chi connectivity index (χ1n) is 8.14. The highest BCUT2D eigenvalue weighted by Crippen LogP contribution is 2.30. The van der Waals surface area contributed by atoms with Crippen LogP contribution in [0.15, 0.2) is 41.9 Å². The lowest BCUT2D eigenvalue weighted by molar-refractivity contribution is -0.116. The highest BCUT2D eigenvalue weighted by atomic mass is 32.1.